The second kappa shape index (κ2) is 13.0. The number of hydrogen-bond donors (Lipinski definition) is 0. The lowest BCUT2D eigenvalue weighted by Crippen LogP contribution is -2.57. The summed E-state index contributed by atoms with van der Waals surface area (Å²) in [6.45, 7) is 2.73. The summed E-state index contributed by atoms with van der Waals surface area (Å²) in [4.78, 5) is 0. The van der Waals surface area contributed by atoms with Crippen molar-refractivity contribution in [1.82, 2.24) is 0 Å². The predicted molar refractivity (Wildman–Crippen MR) is 220 cm³/mol. The number of rotatable bonds is 11. The maximum absolute atomic E-state index is 2.73. The normalized spacial score (nSPS) is 22.9. The smallest absolute Gasteiger partial charge is 0.0791 e. The Bertz CT molecular complexity index is 2030. The summed E-state index contributed by atoms with van der Waals surface area (Å²) in [5.41, 5.74) is 13.9. The van der Waals surface area contributed by atoms with Gasteiger partial charge in [0, 0.05) is 11.1 Å². The monoisotopic (exact) mass is 678 g/mol. The summed E-state index contributed by atoms with van der Waals surface area (Å²) in [6, 6.07) is 51.2. The van der Waals surface area contributed by atoms with Gasteiger partial charge in [0.25, 0.3) is 0 Å². The Morgan fingerprint density at radius 1 is 0.380 bits per heavy atom. The number of allylic oxidation sites excluding steroid dienone is 4. The molecule has 0 saturated heterocycles. The summed E-state index contributed by atoms with van der Waals surface area (Å²) in [7, 11) is -4.11. The molecule has 9 rings (SSSR count). The van der Waals surface area contributed by atoms with E-state index in [1.54, 1.807) is 27.4 Å². The molecule has 0 radical (unpaired) electrons. The molecule has 246 valence electrons. The van der Waals surface area contributed by atoms with Gasteiger partial charge in [-0.25, -0.2) is 0 Å². The summed E-state index contributed by atoms with van der Waals surface area (Å²) in [6.07, 6.45) is 23.9. The van der Waals surface area contributed by atoms with Crippen LogP contribution < -0.4 is 5.19 Å². The number of fused-ring (bicyclic) bond motifs is 4. The standard InChI is InChI=1S/C48H46Si2/c1-49(45-30-26-36-16-6-10-22-41(36)45,46-31-27-37-17-7-11-23-42(37)46)34-14-3-15-35-50(40-20-4-2-5-21-40,47-32-28-38-18-8-12-24-43(38)47)48-33-29-39-19-9-13-25-44(39)48/h2,4-13,16-33,45-48H,3,14-15,34-35H2,1H3. The second-order valence-electron chi connectivity index (χ2n) is 15.3. The molecule has 4 aliphatic rings. The van der Waals surface area contributed by atoms with Crippen molar-refractivity contribution in [2.45, 2.75) is 60.1 Å². The zero-order chi connectivity index (χ0) is 33.5. The van der Waals surface area contributed by atoms with Gasteiger partial charge in [-0.2, -0.15) is 0 Å². The van der Waals surface area contributed by atoms with Crippen LogP contribution in [0.1, 0.15) is 85.9 Å². The summed E-state index contributed by atoms with van der Waals surface area (Å²) in [5.74, 6) is 0. The molecule has 0 saturated carbocycles. The van der Waals surface area contributed by atoms with Gasteiger partial charge in [0.1, 0.15) is 8.07 Å². The van der Waals surface area contributed by atoms with Crippen molar-refractivity contribution in [3.05, 3.63) is 196 Å². The van der Waals surface area contributed by atoms with E-state index in [1.165, 1.54) is 53.6 Å². The van der Waals surface area contributed by atoms with Crippen LogP contribution in [0.2, 0.25) is 18.6 Å². The average Bonchev–Trinajstić information content (AvgIpc) is 3.99. The van der Waals surface area contributed by atoms with E-state index in [1.807, 2.05) is 0 Å². The lowest BCUT2D eigenvalue weighted by molar-refractivity contribution is 0.737. The Labute approximate surface area is 300 Å². The van der Waals surface area contributed by atoms with Crippen LogP contribution in [0.4, 0.5) is 0 Å². The first kappa shape index (κ1) is 31.5. The van der Waals surface area contributed by atoms with Crippen molar-refractivity contribution in [2.75, 3.05) is 0 Å². The van der Waals surface area contributed by atoms with Gasteiger partial charge in [0.15, 0.2) is 0 Å². The SMILES string of the molecule is C[Si](CCCCC[Si](c1ccccc1)(C1C=Cc2ccccc21)C1C=Cc2ccccc21)(C1C=Cc2ccccc21)C1C=Cc2ccccc21. The van der Waals surface area contributed by atoms with Crippen LogP contribution in [0, 0.1) is 0 Å². The highest BCUT2D eigenvalue weighted by Gasteiger charge is 2.51. The summed E-state index contributed by atoms with van der Waals surface area (Å²) >= 11 is 0. The molecule has 0 heterocycles. The molecule has 50 heavy (non-hydrogen) atoms. The van der Waals surface area contributed by atoms with Crippen LogP contribution in [-0.4, -0.2) is 16.1 Å². The minimum absolute atomic E-state index is 0.460. The van der Waals surface area contributed by atoms with E-state index in [0.717, 1.165) is 0 Å². The van der Waals surface area contributed by atoms with Crippen LogP contribution in [0.15, 0.2) is 152 Å². The van der Waals surface area contributed by atoms with Crippen LogP contribution in [0.5, 0.6) is 0 Å². The molecule has 0 N–H and O–H groups in total. The first-order valence-electron chi connectivity index (χ1n) is 18.8. The fourth-order valence-electron chi connectivity index (χ4n) is 10.4. The van der Waals surface area contributed by atoms with Crippen LogP contribution >= 0.6 is 0 Å². The van der Waals surface area contributed by atoms with E-state index in [9.17, 15) is 0 Å². The Kier molecular flexibility index (Phi) is 8.18. The van der Waals surface area contributed by atoms with Gasteiger partial charge in [-0.15, -0.1) is 0 Å². The third-order valence-electron chi connectivity index (χ3n) is 12.8. The molecule has 0 fully saturated rings. The van der Waals surface area contributed by atoms with Crippen molar-refractivity contribution in [3.63, 3.8) is 0 Å². The van der Waals surface area contributed by atoms with Crippen molar-refractivity contribution in [2.24, 2.45) is 0 Å². The molecule has 0 nitrogen and oxygen atoms in total. The molecule has 0 aliphatic heterocycles. The van der Waals surface area contributed by atoms with Crippen molar-refractivity contribution < 1.29 is 0 Å². The van der Waals surface area contributed by atoms with Gasteiger partial charge in [0.2, 0.25) is 0 Å². The highest BCUT2D eigenvalue weighted by atomic mass is 28.3. The van der Waals surface area contributed by atoms with Gasteiger partial charge in [-0.3, -0.25) is 0 Å². The Balaban J connectivity index is 1.04. The number of benzene rings is 5. The first-order valence-corrected chi connectivity index (χ1v) is 24.0. The fourth-order valence-corrected chi connectivity index (χ4v) is 21.6. The molecule has 4 aliphatic carbocycles. The molecule has 5 aromatic carbocycles. The van der Waals surface area contributed by atoms with Crippen molar-refractivity contribution in [1.29, 1.82) is 0 Å². The maximum Gasteiger partial charge on any atom is 0.109 e. The molecule has 0 amide bonds. The first-order chi connectivity index (χ1) is 24.7. The molecule has 0 bridgehead atoms. The van der Waals surface area contributed by atoms with E-state index < -0.39 is 16.1 Å². The molecule has 2 heteroatoms. The third kappa shape index (κ3) is 5.15. The lowest BCUT2D eigenvalue weighted by Gasteiger charge is -2.43. The van der Waals surface area contributed by atoms with Gasteiger partial charge in [-0.05, 0) is 55.6 Å². The van der Waals surface area contributed by atoms with E-state index >= 15 is 0 Å². The molecule has 0 aromatic heterocycles. The lowest BCUT2D eigenvalue weighted by atomic mass is 10.1. The molecular formula is C48H46Si2. The molecular weight excluding hydrogens is 633 g/mol. The van der Waals surface area contributed by atoms with Gasteiger partial charge in [0.05, 0.1) is 8.07 Å². The fraction of sp³-hybridized carbons (Fsp3) is 0.208. The van der Waals surface area contributed by atoms with Crippen LogP contribution in [-0.2, 0) is 0 Å². The van der Waals surface area contributed by atoms with Gasteiger partial charge >= 0.3 is 0 Å². The summed E-state index contributed by atoms with van der Waals surface area (Å²) < 4.78 is 0. The van der Waals surface area contributed by atoms with Crippen molar-refractivity contribution in [3.8, 4) is 0 Å². The van der Waals surface area contributed by atoms with E-state index in [0.29, 0.717) is 22.2 Å². The van der Waals surface area contributed by atoms with Gasteiger partial charge < -0.3 is 0 Å². The zero-order valence-corrected chi connectivity index (χ0v) is 31.1. The molecule has 4 atom stereocenters. The predicted octanol–water partition coefficient (Wildman–Crippen LogP) is 12.0. The van der Waals surface area contributed by atoms with E-state index in [-0.39, 0.29) is 0 Å². The highest BCUT2D eigenvalue weighted by Crippen LogP contribution is 2.51. The minimum Gasteiger partial charge on any atom is -0.0791 e. The quantitative estimate of drug-likeness (QED) is 0.0963. The second-order valence-corrected chi connectivity index (χ2v) is 24.5. The molecule has 4 unspecified atom stereocenters. The Hall–Kier alpha value is -4.51. The number of hydrogen-bond acceptors (Lipinski definition) is 0. The Morgan fingerprint density at radius 3 is 1.20 bits per heavy atom. The Morgan fingerprint density at radius 2 is 0.740 bits per heavy atom. The minimum atomic E-state index is -2.23. The zero-order valence-electron chi connectivity index (χ0n) is 29.1. The topological polar surface area (TPSA) is 0 Å². The van der Waals surface area contributed by atoms with Crippen LogP contribution in [0.25, 0.3) is 24.3 Å². The van der Waals surface area contributed by atoms with Gasteiger partial charge in [-0.1, -0.05) is 219 Å². The number of unbranched alkanes of at least 4 members (excludes halogenated alkanes) is 2. The molecule has 5 aromatic rings. The van der Waals surface area contributed by atoms with E-state index in [4.69, 9.17) is 0 Å². The molecule has 0 spiro atoms. The average molecular weight is 679 g/mol. The van der Waals surface area contributed by atoms with Crippen molar-refractivity contribution >= 4 is 45.6 Å². The highest BCUT2D eigenvalue weighted by molar-refractivity contribution is 6.95. The van der Waals surface area contributed by atoms with Crippen LogP contribution in [0.3, 0.4) is 0 Å². The van der Waals surface area contributed by atoms with E-state index in [2.05, 4.69) is 183 Å². The third-order valence-corrected chi connectivity index (χ3v) is 23.9. The summed E-state index contributed by atoms with van der Waals surface area (Å²) in [5, 5.41) is 1.61. The maximum atomic E-state index is 2.73. The largest absolute Gasteiger partial charge is 0.109 e.